The predicted octanol–water partition coefficient (Wildman–Crippen LogP) is 3.59. The molecule has 0 fully saturated rings. The number of anilines is 1. The minimum atomic E-state index is 0.811. The third-order valence-electron chi connectivity index (χ3n) is 1.85. The van der Waals surface area contributed by atoms with Crippen LogP contribution < -0.4 is 5.32 Å². The van der Waals surface area contributed by atoms with Gasteiger partial charge in [-0.1, -0.05) is 11.3 Å². The van der Waals surface area contributed by atoms with Gasteiger partial charge >= 0.3 is 0 Å². The molecule has 6 heteroatoms. The lowest BCUT2D eigenvalue weighted by Gasteiger charge is -1.97. The number of thiophene rings is 1. The number of rotatable bonds is 3. The molecule has 0 radical (unpaired) electrons. The molecule has 2 aromatic heterocycles. The fraction of sp³-hybridized carbons (Fsp3) is 0.333. The van der Waals surface area contributed by atoms with Crippen LogP contribution in [0.3, 0.4) is 0 Å². The van der Waals surface area contributed by atoms with Crippen LogP contribution in [0.25, 0.3) is 0 Å². The smallest absolute Gasteiger partial charge is 0.205 e. The summed E-state index contributed by atoms with van der Waals surface area (Å²) >= 11 is 6.87. The maximum absolute atomic E-state index is 4.01. The third kappa shape index (κ3) is 2.76. The first-order chi connectivity index (χ1) is 7.15. The molecule has 0 amide bonds. The van der Waals surface area contributed by atoms with Gasteiger partial charge in [-0.25, -0.2) is 0 Å². The summed E-state index contributed by atoms with van der Waals surface area (Å²) in [6.45, 7) is 4.87. The molecule has 3 nitrogen and oxygen atoms in total. The number of hydrogen-bond donors (Lipinski definition) is 1. The van der Waals surface area contributed by atoms with E-state index in [9.17, 15) is 0 Å². The summed E-state index contributed by atoms with van der Waals surface area (Å²) in [5, 5.41) is 13.1. The normalized spacial score (nSPS) is 10.6. The lowest BCUT2D eigenvalue weighted by molar-refractivity contribution is 1.03. The molecule has 15 heavy (non-hydrogen) atoms. The van der Waals surface area contributed by atoms with Crippen molar-refractivity contribution in [3.63, 3.8) is 0 Å². The quantitative estimate of drug-likeness (QED) is 0.941. The Morgan fingerprint density at radius 3 is 2.67 bits per heavy atom. The largest absolute Gasteiger partial charge is 0.355 e. The molecule has 80 valence electrons. The van der Waals surface area contributed by atoms with Crippen LogP contribution in [0.15, 0.2) is 10.5 Å². The Bertz CT molecular complexity index is 444. The average Bonchev–Trinajstić information content (AvgIpc) is 2.72. The van der Waals surface area contributed by atoms with E-state index in [0.29, 0.717) is 0 Å². The number of aryl methyl sites for hydroxylation is 2. The van der Waals surface area contributed by atoms with Crippen LogP contribution in [0.5, 0.6) is 0 Å². The second-order valence-corrected chi connectivity index (χ2v) is 6.47. The third-order valence-corrected chi connectivity index (χ3v) is 4.78. The summed E-state index contributed by atoms with van der Waals surface area (Å²) in [6, 6.07) is 2.14. The standard InChI is InChI=1S/C9H10BrN3S2/c1-5-8(10)3-7(14-5)4-11-9-13-12-6(2)15-9/h3H,4H2,1-2H3,(H,11,13). The van der Waals surface area contributed by atoms with Gasteiger partial charge in [-0.2, -0.15) is 0 Å². The SMILES string of the molecule is Cc1nnc(NCc2cc(Br)c(C)s2)s1. The lowest BCUT2D eigenvalue weighted by Crippen LogP contribution is -1.96. The van der Waals surface area contributed by atoms with Crippen molar-refractivity contribution in [3.05, 3.63) is 25.3 Å². The minimum absolute atomic E-state index is 0.811. The molecule has 0 bridgehead atoms. The van der Waals surface area contributed by atoms with Gasteiger partial charge < -0.3 is 5.32 Å². The molecule has 0 unspecified atom stereocenters. The van der Waals surface area contributed by atoms with Crippen molar-refractivity contribution in [2.24, 2.45) is 0 Å². The molecule has 1 N–H and O–H groups in total. The van der Waals surface area contributed by atoms with Gasteiger partial charge in [-0.05, 0) is 35.8 Å². The van der Waals surface area contributed by atoms with E-state index in [-0.39, 0.29) is 0 Å². The van der Waals surface area contributed by atoms with Crippen LogP contribution in [0.1, 0.15) is 14.8 Å². The van der Waals surface area contributed by atoms with Gasteiger partial charge in [0.15, 0.2) is 0 Å². The molecule has 0 aromatic carbocycles. The van der Waals surface area contributed by atoms with Crippen molar-refractivity contribution >= 4 is 43.7 Å². The molecule has 0 saturated heterocycles. The molecule has 2 rings (SSSR count). The van der Waals surface area contributed by atoms with Gasteiger partial charge in [-0.3, -0.25) is 0 Å². The Morgan fingerprint density at radius 2 is 2.13 bits per heavy atom. The van der Waals surface area contributed by atoms with Crippen LogP contribution in [0.2, 0.25) is 0 Å². The summed E-state index contributed by atoms with van der Waals surface area (Å²) in [5.74, 6) is 0. The van der Waals surface area contributed by atoms with Crippen molar-refractivity contribution in [1.29, 1.82) is 0 Å². The summed E-state index contributed by atoms with van der Waals surface area (Å²) in [5.41, 5.74) is 0. The summed E-state index contributed by atoms with van der Waals surface area (Å²) in [4.78, 5) is 2.60. The molecule has 2 aromatic rings. The summed E-state index contributed by atoms with van der Waals surface area (Å²) < 4.78 is 1.18. The summed E-state index contributed by atoms with van der Waals surface area (Å²) in [7, 11) is 0. The first-order valence-corrected chi connectivity index (χ1v) is 6.86. The van der Waals surface area contributed by atoms with E-state index in [4.69, 9.17) is 0 Å². The zero-order valence-electron chi connectivity index (χ0n) is 8.37. The van der Waals surface area contributed by atoms with Crippen molar-refractivity contribution < 1.29 is 0 Å². The fourth-order valence-corrected chi connectivity index (χ4v) is 3.26. The Hall–Kier alpha value is -0.460. The maximum Gasteiger partial charge on any atom is 0.205 e. The van der Waals surface area contributed by atoms with Gasteiger partial charge in [0.25, 0.3) is 0 Å². The number of nitrogens with one attached hydrogen (secondary N) is 1. The maximum atomic E-state index is 4.01. The molecule has 0 spiro atoms. The second kappa shape index (κ2) is 4.59. The Kier molecular flexibility index (Phi) is 3.38. The number of aromatic nitrogens is 2. The number of hydrogen-bond acceptors (Lipinski definition) is 5. The second-order valence-electron chi connectivity index (χ2n) is 3.10. The molecular weight excluding hydrogens is 294 g/mol. The van der Waals surface area contributed by atoms with Crippen LogP contribution in [0, 0.1) is 13.8 Å². The molecule has 0 atom stereocenters. The predicted molar refractivity (Wildman–Crippen MR) is 68.7 cm³/mol. The van der Waals surface area contributed by atoms with Gasteiger partial charge in [0, 0.05) is 14.2 Å². The highest BCUT2D eigenvalue weighted by molar-refractivity contribution is 9.10. The first-order valence-electron chi connectivity index (χ1n) is 4.44. The van der Waals surface area contributed by atoms with E-state index in [1.54, 1.807) is 22.7 Å². The zero-order chi connectivity index (χ0) is 10.8. The average molecular weight is 304 g/mol. The zero-order valence-corrected chi connectivity index (χ0v) is 11.6. The van der Waals surface area contributed by atoms with E-state index in [1.807, 2.05) is 6.92 Å². The van der Waals surface area contributed by atoms with Gasteiger partial charge in [0.1, 0.15) is 5.01 Å². The molecule has 0 aliphatic heterocycles. The van der Waals surface area contributed by atoms with E-state index in [2.05, 4.69) is 44.4 Å². The monoisotopic (exact) mass is 303 g/mol. The number of nitrogens with zero attached hydrogens (tertiary/aromatic N) is 2. The lowest BCUT2D eigenvalue weighted by atomic mass is 10.4. The van der Waals surface area contributed by atoms with Gasteiger partial charge in [0.2, 0.25) is 5.13 Å². The number of halogens is 1. The molecular formula is C9H10BrN3S2. The van der Waals surface area contributed by atoms with Crippen molar-refractivity contribution in [2.75, 3.05) is 5.32 Å². The van der Waals surface area contributed by atoms with Crippen LogP contribution in [0.4, 0.5) is 5.13 Å². The molecule has 0 aliphatic rings. The Labute approximate surface area is 105 Å². The van der Waals surface area contributed by atoms with Crippen LogP contribution in [-0.2, 0) is 6.54 Å². The Morgan fingerprint density at radius 1 is 1.33 bits per heavy atom. The fourth-order valence-electron chi connectivity index (χ4n) is 1.14. The Balaban J connectivity index is 1.99. The van der Waals surface area contributed by atoms with Crippen LogP contribution in [-0.4, -0.2) is 10.2 Å². The van der Waals surface area contributed by atoms with Crippen molar-refractivity contribution in [2.45, 2.75) is 20.4 Å². The van der Waals surface area contributed by atoms with E-state index in [1.165, 1.54) is 14.2 Å². The topological polar surface area (TPSA) is 37.8 Å². The summed E-state index contributed by atoms with van der Waals surface area (Å²) in [6.07, 6.45) is 0. The molecule has 2 heterocycles. The first kappa shape index (κ1) is 11.0. The highest BCUT2D eigenvalue weighted by atomic mass is 79.9. The highest BCUT2D eigenvalue weighted by Crippen LogP contribution is 2.27. The van der Waals surface area contributed by atoms with E-state index >= 15 is 0 Å². The molecule has 0 aliphatic carbocycles. The van der Waals surface area contributed by atoms with Crippen molar-refractivity contribution in [3.8, 4) is 0 Å². The van der Waals surface area contributed by atoms with Gasteiger partial charge in [-0.15, -0.1) is 21.5 Å². The van der Waals surface area contributed by atoms with Gasteiger partial charge in [0.05, 0.1) is 6.54 Å². The van der Waals surface area contributed by atoms with E-state index in [0.717, 1.165) is 16.7 Å². The van der Waals surface area contributed by atoms with Crippen LogP contribution >= 0.6 is 38.6 Å². The minimum Gasteiger partial charge on any atom is -0.355 e. The highest BCUT2D eigenvalue weighted by Gasteiger charge is 2.04. The van der Waals surface area contributed by atoms with E-state index < -0.39 is 0 Å². The van der Waals surface area contributed by atoms with Crippen molar-refractivity contribution in [1.82, 2.24) is 10.2 Å². The molecule has 0 saturated carbocycles.